The van der Waals surface area contributed by atoms with Gasteiger partial charge in [-0.15, -0.1) is 0 Å². The molecule has 0 saturated carbocycles. The number of aromatic nitrogens is 2. The molecule has 0 aliphatic rings. The first-order valence-corrected chi connectivity index (χ1v) is 8.97. The number of benzene rings is 3. The Balaban J connectivity index is 1.39. The van der Waals surface area contributed by atoms with Gasteiger partial charge in [0, 0.05) is 0 Å². The molecule has 0 saturated heterocycles. The molecular weight excluding hydrogens is 352 g/mol. The van der Waals surface area contributed by atoms with Crippen molar-refractivity contribution in [3.63, 3.8) is 0 Å². The van der Waals surface area contributed by atoms with Gasteiger partial charge >= 0.3 is 5.97 Å². The lowest BCUT2D eigenvalue weighted by molar-refractivity contribution is -0.144. The van der Waals surface area contributed by atoms with E-state index >= 15 is 0 Å². The predicted molar refractivity (Wildman–Crippen MR) is 108 cm³/mol. The van der Waals surface area contributed by atoms with Crippen molar-refractivity contribution in [2.45, 2.75) is 13.0 Å². The van der Waals surface area contributed by atoms with Gasteiger partial charge < -0.3 is 9.72 Å². The van der Waals surface area contributed by atoms with Gasteiger partial charge in [0.1, 0.15) is 12.4 Å². The van der Waals surface area contributed by atoms with Crippen LogP contribution < -0.4 is 5.56 Å². The van der Waals surface area contributed by atoms with Crippen molar-refractivity contribution in [2.24, 2.45) is 0 Å². The zero-order valence-corrected chi connectivity index (χ0v) is 15.1. The topological polar surface area (TPSA) is 72.0 Å². The molecule has 1 aromatic heterocycles. The minimum Gasteiger partial charge on any atom is -0.457 e. The molecule has 5 heteroatoms. The summed E-state index contributed by atoms with van der Waals surface area (Å²) in [7, 11) is 0. The highest BCUT2D eigenvalue weighted by Crippen LogP contribution is 2.19. The maximum absolute atomic E-state index is 12.1. The lowest BCUT2D eigenvalue weighted by Crippen LogP contribution is -2.15. The van der Waals surface area contributed by atoms with Gasteiger partial charge in [-0.2, -0.15) is 0 Å². The van der Waals surface area contributed by atoms with Crippen LogP contribution in [0, 0.1) is 0 Å². The molecule has 4 rings (SSSR count). The first-order chi connectivity index (χ1) is 13.7. The molecule has 1 heterocycles. The van der Waals surface area contributed by atoms with E-state index in [1.165, 1.54) is 0 Å². The lowest BCUT2D eigenvalue weighted by Gasteiger charge is -2.07. The summed E-state index contributed by atoms with van der Waals surface area (Å²) in [5.41, 5.74) is 3.42. The fourth-order valence-electron chi connectivity index (χ4n) is 3.02. The molecule has 4 aromatic rings. The van der Waals surface area contributed by atoms with E-state index in [0.29, 0.717) is 16.7 Å². The fourth-order valence-corrected chi connectivity index (χ4v) is 3.02. The lowest BCUT2D eigenvalue weighted by atomic mass is 10.0. The number of rotatable bonds is 5. The van der Waals surface area contributed by atoms with Crippen molar-refractivity contribution in [1.82, 2.24) is 9.97 Å². The Morgan fingerprint density at radius 2 is 1.54 bits per heavy atom. The van der Waals surface area contributed by atoms with Gasteiger partial charge in [-0.05, 0) is 28.8 Å². The van der Waals surface area contributed by atoms with Crippen LogP contribution in [0.25, 0.3) is 22.0 Å². The molecule has 0 bridgehead atoms. The van der Waals surface area contributed by atoms with Crippen LogP contribution in [-0.4, -0.2) is 15.9 Å². The Labute approximate surface area is 161 Å². The summed E-state index contributed by atoms with van der Waals surface area (Å²) in [4.78, 5) is 31.2. The molecule has 0 aliphatic heterocycles. The summed E-state index contributed by atoms with van der Waals surface area (Å²) in [6, 6.07) is 24.9. The van der Waals surface area contributed by atoms with Crippen LogP contribution in [0.3, 0.4) is 0 Å². The maximum atomic E-state index is 12.1. The Kier molecular flexibility index (Phi) is 4.97. The number of fused-ring (bicyclic) bond motifs is 1. The Morgan fingerprint density at radius 3 is 2.32 bits per heavy atom. The summed E-state index contributed by atoms with van der Waals surface area (Å²) >= 11 is 0. The van der Waals surface area contributed by atoms with Gasteiger partial charge in [0.25, 0.3) is 5.56 Å². The number of nitrogens with one attached hydrogen (secondary N) is 1. The zero-order chi connectivity index (χ0) is 19.3. The third kappa shape index (κ3) is 3.99. The second-order valence-corrected chi connectivity index (χ2v) is 6.43. The summed E-state index contributed by atoms with van der Waals surface area (Å²) < 4.78 is 5.28. The van der Waals surface area contributed by atoms with Crippen LogP contribution in [-0.2, 0) is 22.6 Å². The number of aromatic amines is 1. The number of carbonyl (C=O) groups excluding carboxylic acids is 1. The molecule has 0 unspecified atom stereocenters. The zero-order valence-electron chi connectivity index (χ0n) is 15.1. The number of H-pyrrole nitrogens is 1. The number of esters is 1. The Hall–Kier alpha value is -3.73. The van der Waals surface area contributed by atoms with Crippen molar-refractivity contribution in [2.75, 3.05) is 0 Å². The highest BCUT2D eigenvalue weighted by Gasteiger charge is 2.08. The SMILES string of the molecule is O=C(Cc1ccc(-c2ccccc2)cc1)OCc1nc2ccccc2c(=O)[nH]1. The van der Waals surface area contributed by atoms with Crippen molar-refractivity contribution in [1.29, 1.82) is 0 Å². The van der Waals surface area contributed by atoms with Crippen molar-refractivity contribution < 1.29 is 9.53 Å². The average Bonchev–Trinajstić information content (AvgIpc) is 2.73. The van der Waals surface area contributed by atoms with Crippen LogP contribution in [0.1, 0.15) is 11.4 Å². The van der Waals surface area contributed by atoms with E-state index in [2.05, 4.69) is 9.97 Å². The highest BCUT2D eigenvalue weighted by atomic mass is 16.5. The van der Waals surface area contributed by atoms with Crippen LogP contribution in [0.2, 0.25) is 0 Å². The first-order valence-electron chi connectivity index (χ1n) is 8.97. The van der Waals surface area contributed by atoms with E-state index in [9.17, 15) is 9.59 Å². The summed E-state index contributed by atoms with van der Waals surface area (Å²) in [5, 5.41) is 0.510. The van der Waals surface area contributed by atoms with Crippen LogP contribution >= 0.6 is 0 Å². The summed E-state index contributed by atoms with van der Waals surface area (Å²) in [6.07, 6.45) is 0.160. The smallest absolute Gasteiger partial charge is 0.310 e. The molecule has 28 heavy (non-hydrogen) atoms. The van der Waals surface area contributed by atoms with E-state index in [1.807, 2.05) is 60.7 Å². The molecule has 0 amide bonds. The van der Waals surface area contributed by atoms with E-state index in [1.54, 1.807) is 18.2 Å². The molecule has 0 aliphatic carbocycles. The van der Waals surface area contributed by atoms with Crippen molar-refractivity contribution in [3.8, 4) is 11.1 Å². The normalized spacial score (nSPS) is 10.7. The predicted octanol–water partition coefficient (Wildman–Crippen LogP) is 3.88. The van der Waals surface area contributed by atoms with Gasteiger partial charge in [0.15, 0.2) is 0 Å². The van der Waals surface area contributed by atoms with Gasteiger partial charge in [-0.1, -0.05) is 66.7 Å². The third-order valence-corrected chi connectivity index (χ3v) is 4.44. The monoisotopic (exact) mass is 370 g/mol. The molecule has 5 nitrogen and oxygen atoms in total. The van der Waals surface area contributed by atoms with Gasteiger partial charge in [0.2, 0.25) is 0 Å². The quantitative estimate of drug-likeness (QED) is 0.541. The second-order valence-electron chi connectivity index (χ2n) is 6.43. The fraction of sp³-hybridized carbons (Fsp3) is 0.0870. The first kappa shape index (κ1) is 17.7. The molecule has 0 atom stereocenters. The minimum atomic E-state index is -0.372. The summed E-state index contributed by atoms with van der Waals surface area (Å²) in [6.45, 7) is -0.0684. The minimum absolute atomic E-state index is 0.0684. The molecular formula is C23H18N2O3. The van der Waals surface area contributed by atoms with E-state index in [-0.39, 0.29) is 24.6 Å². The maximum Gasteiger partial charge on any atom is 0.310 e. The number of ether oxygens (including phenoxy) is 1. The summed E-state index contributed by atoms with van der Waals surface area (Å²) in [5.74, 6) is -0.0419. The van der Waals surface area contributed by atoms with E-state index in [4.69, 9.17) is 4.74 Å². The van der Waals surface area contributed by atoms with Crippen molar-refractivity contribution >= 4 is 16.9 Å². The van der Waals surface area contributed by atoms with Gasteiger partial charge in [-0.3, -0.25) is 9.59 Å². The van der Waals surface area contributed by atoms with Crippen LogP contribution in [0.15, 0.2) is 83.7 Å². The number of carbonyl (C=O) groups is 1. The van der Waals surface area contributed by atoms with Crippen LogP contribution in [0.5, 0.6) is 0 Å². The van der Waals surface area contributed by atoms with E-state index in [0.717, 1.165) is 16.7 Å². The molecule has 138 valence electrons. The highest BCUT2D eigenvalue weighted by molar-refractivity contribution is 5.77. The van der Waals surface area contributed by atoms with Gasteiger partial charge in [0.05, 0.1) is 17.3 Å². The molecule has 0 radical (unpaired) electrons. The second kappa shape index (κ2) is 7.88. The van der Waals surface area contributed by atoms with E-state index < -0.39 is 0 Å². The Bertz CT molecular complexity index is 1170. The number of nitrogens with zero attached hydrogens (tertiary/aromatic N) is 1. The standard InChI is InChI=1S/C23H18N2O3/c26-22(14-16-10-12-18(13-11-16)17-6-2-1-3-7-17)28-15-21-24-20-9-5-4-8-19(20)23(27)25-21/h1-13H,14-15H2,(H,24,25,27). The average molecular weight is 370 g/mol. The molecule has 0 spiro atoms. The van der Waals surface area contributed by atoms with Crippen LogP contribution in [0.4, 0.5) is 0 Å². The molecule has 1 N–H and O–H groups in total. The molecule has 0 fully saturated rings. The number of hydrogen-bond acceptors (Lipinski definition) is 4. The van der Waals surface area contributed by atoms with Gasteiger partial charge in [-0.25, -0.2) is 4.98 Å². The largest absolute Gasteiger partial charge is 0.457 e. The molecule has 3 aromatic carbocycles. The Morgan fingerprint density at radius 1 is 0.857 bits per heavy atom. The third-order valence-electron chi connectivity index (χ3n) is 4.44. The number of hydrogen-bond donors (Lipinski definition) is 1. The van der Waals surface area contributed by atoms with Crippen molar-refractivity contribution in [3.05, 3.63) is 101 Å². The number of para-hydroxylation sites is 1.